The molecule has 1 unspecified atom stereocenters. The maximum absolute atomic E-state index is 10.3. The molecule has 0 spiro atoms. The minimum Gasteiger partial charge on any atom is -1.00 e. The summed E-state index contributed by atoms with van der Waals surface area (Å²) in [5.74, 6) is -1.10. The Morgan fingerprint density at radius 1 is 1.06 bits per heavy atom. The number of hydrogen-bond acceptors (Lipinski definition) is 2. The number of aliphatic hydroxyl groups is 1. The van der Waals surface area contributed by atoms with Crippen LogP contribution < -0.4 is 0 Å². The van der Waals surface area contributed by atoms with Crippen molar-refractivity contribution in [3.63, 3.8) is 0 Å². The summed E-state index contributed by atoms with van der Waals surface area (Å²) in [6, 6.07) is 0. The van der Waals surface area contributed by atoms with Gasteiger partial charge < -0.3 is 13.1 Å². The number of aliphatic carboxylic acids is 1. The van der Waals surface area contributed by atoms with Crippen LogP contribution in [0, 0.1) is 0 Å². The molecule has 0 aromatic rings. The van der Waals surface area contributed by atoms with Crippen LogP contribution in [0.15, 0.2) is 0 Å². The van der Waals surface area contributed by atoms with Crippen molar-refractivity contribution in [3.05, 3.63) is 0 Å². The Morgan fingerprint density at radius 3 is 1.94 bits per heavy atom. The number of aliphatic hydroxyl groups excluding tert-OH is 1. The normalized spacial score (nSPS) is 11.9. The second-order valence-electron chi connectivity index (χ2n) is 4.12. The van der Waals surface area contributed by atoms with Gasteiger partial charge in [0, 0.05) is 0 Å². The first-order chi connectivity index (χ1) is 7.18. The van der Waals surface area contributed by atoms with Crippen molar-refractivity contribution < 1.29 is 17.9 Å². The smallest absolute Gasteiger partial charge is 1.00 e. The van der Waals surface area contributed by atoms with E-state index in [1.165, 1.54) is 32.1 Å². The zero-order valence-electron chi connectivity index (χ0n) is 12.5. The monoisotopic (exact) mass is 258 g/mol. The molecule has 0 amide bonds. The van der Waals surface area contributed by atoms with Crippen molar-refractivity contribution in [1.29, 1.82) is 0 Å². The van der Waals surface area contributed by atoms with E-state index in [-0.39, 0.29) is 40.6 Å². The average molecular weight is 258 g/mol. The van der Waals surface area contributed by atoms with Crippen LogP contribution in [0.5, 0.6) is 0 Å². The average Bonchev–Trinajstić information content (AvgIpc) is 2.21. The Balaban J connectivity index is -0.000000327. The van der Waals surface area contributed by atoms with Gasteiger partial charge in [-0.15, -0.1) is 0 Å². The number of unbranched alkanes of at least 4 members (excludes halogenated alkanes) is 7. The van der Waals surface area contributed by atoms with Crippen molar-refractivity contribution >= 4 is 43.7 Å². The van der Waals surface area contributed by atoms with Gasteiger partial charge in [0.05, 0.1) is 0 Å². The molecule has 0 aromatic heterocycles. The van der Waals surface area contributed by atoms with E-state index in [0.29, 0.717) is 6.42 Å². The first-order valence-corrected chi connectivity index (χ1v) is 6.09. The molecular weight excluding hydrogens is 232 g/mol. The second-order valence-corrected chi connectivity index (χ2v) is 4.12. The topological polar surface area (TPSA) is 57.5 Å². The second kappa shape index (κ2) is 13.8. The molecule has 16 heavy (non-hydrogen) atoms. The molecule has 0 saturated carbocycles. The molecule has 0 heterocycles. The molecule has 0 saturated heterocycles. The molecule has 0 radical (unpaired) electrons. The number of rotatable bonds is 10. The summed E-state index contributed by atoms with van der Waals surface area (Å²) in [6.07, 6.45) is 8.68. The fourth-order valence-electron chi connectivity index (χ4n) is 1.60. The van der Waals surface area contributed by atoms with Crippen molar-refractivity contribution in [3.8, 4) is 0 Å². The van der Waals surface area contributed by atoms with Gasteiger partial charge in [-0.3, -0.25) is 0 Å². The molecule has 4 heteroatoms. The van der Waals surface area contributed by atoms with E-state index in [1.807, 2.05) is 0 Å². The summed E-state index contributed by atoms with van der Waals surface area (Å²) >= 11 is 0. The molecule has 2 N–H and O–H groups in total. The van der Waals surface area contributed by atoms with E-state index >= 15 is 0 Å². The van der Waals surface area contributed by atoms with Crippen LogP contribution >= 0.6 is 0 Å². The maximum atomic E-state index is 10.3. The summed E-state index contributed by atoms with van der Waals surface area (Å²) < 4.78 is 0. The summed E-state index contributed by atoms with van der Waals surface area (Å²) in [7, 11) is 0. The number of carboxylic acids is 1. The molecule has 0 aliphatic rings. The van der Waals surface area contributed by atoms with Gasteiger partial charge in [-0.25, -0.2) is 4.79 Å². The van der Waals surface area contributed by atoms with Crippen LogP contribution in [0.1, 0.15) is 67.6 Å². The third-order valence-corrected chi connectivity index (χ3v) is 2.62. The van der Waals surface area contributed by atoms with Crippen LogP contribution in [-0.2, 0) is 4.79 Å². The van der Waals surface area contributed by atoms with Gasteiger partial charge in [-0.2, -0.15) is 0 Å². The van der Waals surface area contributed by atoms with Crippen molar-refractivity contribution in [1.82, 2.24) is 0 Å². The molecule has 0 fully saturated rings. The summed E-state index contributed by atoms with van der Waals surface area (Å²) in [4.78, 5) is 10.3. The van der Waals surface area contributed by atoms with Gasteiger partial charge in [0.1, 0.15) is 0 Å². The van der Waals surface area contributed by atoms with Gasteiger partial charge in [-0.05, 0) is 6.42 Å². The van der Waals surface area contributed by atoms with E-state index in [9.17, 15) is 4.79 Å². The molecule has 94 valence electrons. The number of hydrogen-bond donors (Lipinski definition) is 2. The predicted octanol–water partition coefficient (Wildman–Crippen LogP) is 2.81. The van der Waals surface area contributed by atoms with Gasteiger partial charge >= 0.3 is 43.7 Å². The first-order valence-electron chi connectivity index (χ1n) is 6.09. The molecule has 0 bridgehead atoms. The molecule has 0 rings (SSSR count). The molecule has 0 aliphatic carbocycles. The first kappa shape index (κ1) is 19.0. The van der Waals surface area contributed by atoms with Gasteiger partial charge in [0.2, 0.25) is 0 Å². The maximum Gasteiger partial charge on any atom is 2.00 e. The van der Waals surface area contributed by atoms with Gasteiger partial charge in [0.15, 0.2) is 6.10 Å². The van der Waals surface area contributed by atoms with Crippen LogP contribution in [0.4, 0.5) is 0 Å². The summed E-state index contributed by atoms with van der Waals surface area (Å²) in [6.45, 7) is 2.20. The van der Waals surface area contributed by atoms with Gasteiger partial charge in [0.25, 0.3) is 0 Å². The Morgan fingerprint density at radius 2 is 1.50 bits per heavy atom. The van der Waals surface area contributed by atoms with E-state index in [0.717, 1.165) is 19.3 Å². The quantitative estimate of drug-likeness (QED) is 0.468. The molecule has 3 nitrogen and oxygen atoms in total. The standard InChI is InChI=1S/C12H24O3.Ca.2H/c1-2-3-4-5-6-7-8-9-10-11(13)12(14)15;;;/h11,13H,2-10H2,1H3,(H,14,15);;;/q;+2;2*-1. The zero-order chi connectivity index (χ0) is 11.5. The van der Waals surface area contributed by atoms with Crippen molar-refractivity contribution in [2.24, 2.45) is 0 Å². The fourth-order valence-corrected chi connectivity index (χ4v) is 1.60. The van der Waals surface area contributed by atoms with E-state index in [1.54, 1.807) is 0 Å². The zero-order valence-corrected chi connectivity index (χ0v) is 12.7. The van der Waals surface area contributed by atoms with Gasteiger partial charge in [-0.1, -0.05) is 58.3 Å². The number of carboxylic acid groups (broad SMARTS) is 1. The van der Waals surface area contributed by atoms with Crippen LogP contribution in [0.2, 0.25) is 0 Å². The summed E-state index contributed by atoms with van der Waals surface area (Å²) in [5, 5.41) is 17.4. The molecule has 0 aliphatic heterocycles. The largest absolute Gasteiger partial charge is 2.00 e. The van der Waals surface area contributed by atoms with Crippen LogP contribution in [0.25, 0.3) is 0 Å². The Hall–Kier alpha value is 0.690. The summed E-state index contributed by atoms with van der Waals surface area (Å²) in [5.41, 5.74) is 0. The third kappa shape index (κ3) is 12.8. The van der Waals surface area contributed by atoms with Crippen molar-refractivity contribution in [2.45, 2.75) is 70.8 Å². The van der Waals surface area contributed by atoms with Crippen molar-refractivity contribution in [2.75, 3.05) is 0 Å². The Bertz CT molecular complexity index is 171. The third-order valence-electron chi connectivity index (χ3n) is 2.62. The Labute approximate surface area is 132 Å². The molecule has 1 atom stereocenters. The van der Waals surface area contributed by atoms with Crippen LogP contribution in [0.3, 0.4) is 0 Å². The van der Waals surface area contributed by atoms with Crippen LogP contribution in [-0.4, -0.2) is 60.0 Å². The fraction of sp³-hybridized carbons (Fsp3) is 0.917. The number of carbonyl (C=O) groups is 1. The van der Waals surface area contributed by atoms with E-state index in [2.05, 4.69) is 6.92 Å². The SMILES string of the molecule is CCCCCCCCCCC(O)C(=O)O.[Ca+2].[H-].[H-]. The minimum absolute atomic E-state index is 0. The molecular formula is C12H26CaO3. The predicted molar refractivity (Wildman–Crippen MR) is 68.8 cm³/mol. The van der Waals surface area contributed by atoms with E-state index in [4.69, 9.17) is 10.2 Å². The molecule has 0 aromatic carbocycles. The minimum atomic E-state index is -1.16. The Kier molecular flexibility index (Phi) is 16.4. The van der Waals surface area contributed by atoms with E-state index < -0.39 is 12.1 Å².